The molecule has 0 unspecified atom stereocenters. The Bertz CT molecular complexity index is 1370. The second-order valence-electron chi connectivity index (χ2n) is 9.41. The number of carboxylic acids is 3. The number of likely N-dealkylation sites (tertiary alicyclic amines) is 1. The number of alkyl halides is 6. The van der Waals surface area contributed by atoms with E-state index in [1.54, 1.807) is 6.08 Å². The third kappa shape index (κ3) is 12.7. The summed E-state index contributed by atoms with van der Waals surface area (Å²) in [6.45, 7) is 3.19. The van der Waals surface area contributed by atoms with Gasteiger partial charge in [-0.1, -0.05) is 61.0 Å². The van der Waals surface area contributed by atoms with Crippen molar-refractivity contribution in [3.8, 4) is 11.3 Å². The number of carbonyl (C=O) groups is 3. The monoisotopic (exact) mass is 629 g/mol. The fraction of sp³-hybridized carbons (Fsp3) is 0.310. The molecule has 0 radical (unpaired) electrons. The number of nitrogens with zero attached hydrogens (tertiary/aromatic N) is 2. The number of halogens is 6. The lowest BCUT2D eigenvalue weighted by molar-refractivity contribution is -0.193. The molecule has 15 heteroatoms. The van der Waals surface area contributed by atoms with E-state index in [4.69, 9.17) is 29.9 Å². The zero-order valence-electron chi connectivity index (χ0n) is 23.0. The molecule has 4 rings (SSSR count). The number of piperidine rings is 1. The number of carboxylic acid groups (broad SMARTS) is 3. The van der Waals surface area contributed by atoms with E-state index in [2.05, 4.69) is 34.1 Å². The van der Waals surface area contributed by atoms with E-state index >= 15 is 0 Å². The first-order chi connectivity index (χ1) is 20.6. The molecule has 0 spiro atoms. The molecule has 0 atom stereocenters. The van der Waals surface area contributed by atoms with Crippen LogP contribution in [0.5, 0.6) is 0 Å². The summed E-state index contributed by atoms with van der Waals surface area (Å²) < 4.78 is 63.5. The second-order valence-corrected chi connectivity index (χ2v) is 9.41. The van der Waals surface area contributed by atoms with Crippen molar-refractivity contribution in [3.05, 3.63) is 83.3 Å². The van der Waals surface area contributed by atoms with Gasteiger partial charge >= 0.3 is 30.3 Å². The molecule has 3 aromatic rings. The Morgan fingerprint density at radius 1 is 0.818 bits per heavy atom. The van der Waals surface area contributed by atoms with Crippen LogP contribution in [0.1, 0.15) is 41.9 Å². The van der Waals surface area contributed by atoms with Gasteiger partial charge in [0.15, 0.2) is 0 Å². The normalized spacial score (nSPS) is 13.8. The highest BCUT2D eigenvalue weighted by molar-refractivity contribution is 5.85. The van der Waals surface area contributed by atoms with Crippen LogP contribution in [0.4, 0.5) is 26.3 Å². The molecule has 0 amide bonds. The van der Waals surface area contributed by atoms with Gasteiger partial charge in [-0.05, 0) is 43.1 Å². The van der Waals surface area contributed by atoms with Crippen LogP contribution >= 0.6 is 0 Å². The average Bonchev–Trinajstić information content (AvgIpc) is 3.35. The van der Waals surface area contributed by atoms with Gasteiger partial charge in [0.1, 0.15) is 5.82 Å². The Labute approximate surface area is 247 Å². The van der Waals surface area contributed by atoms with E-state index in [-0.39, 0.29) is 0 Å². The number of hydrogen-bond acceptors (Lipinski definition) is 5. The topological polar surface area (TPSA) is 144 Å². The smallest absolute Gasteiger partial charge is 0.478 e. The lowest BCUT2D eigenvalue weighted by atomic mass is 10.1. The fourth-order valence-corrected chi connectivity index (χ4v) is 3.95. The number of imidazole rings is 1. The second kappa shape index (κ2) is 16.3. The van der Waals surface area contributed by atoms with Crippen LogP contribution in [0.2, 0.25) is 0 Å². The molecule has 9 nitrogen and oxygen atoms in total. The van der Waals surface area contributed by atoms with Gasteiger partial charge in [0.25, 0.3) is 0 Å². The molecule has 2 heterocycles. The van der Waals surface area contributed by atoms with E-state index in [1.807, 2.05) is 30.3 Å². The number of H-pyrrole nitrogens is 1. The standard InChI is InChI=1S/C25H27N3O2.2C2HF3O2/c29-24(30)14-13-19-9-11-20(12-10-19)17-23-26-22(18-28-15-5-2-6-16-28)25(27-23)21-7-3-1-4-8-21;2*3-2(4,5)1(6)7/h1,3-4,7-14H,2,5-6,15-18H2,(H,26,27)(H,29,30);2*(H,6,7)/b14-13+;;. The van der Waals surface area contributed by atoms with E-state index in [0.717, 1.165) is 53.9 Å². The van der Waals surface area contributed by atoms with Crippen molar-refractivity contribution in [3.63, 3.8) is 0 Å². The highest BCUT2D eigenvalue weighted by atomic mass is 19.4. The maximum Gasteiger partial charge on any atom is 0.490 e. The predicted octanol–water partition coefficient (Wildman–Crippen LogP) is 6.02. The summed E-state index contributed by atoms with van der Waals surface area (Å²) >= 11 is 0. The summed E-state index contributed by atoms with van der Waals surface area (Å²) in [7, 11) is 0. The number of aromatic amines is 1. The fourth-order valence-electron chi connectivity index (χ4n) is 3.95. The lowest BCUT2D eigenvalue weighted by Crippen LogP contribution is -2.29. The SMILES string of the molecule is O=C(O)/C=C/c1ccc(Cc2nc(-c3ccccc3)c(CN3CCCCC3)[nH]2)cc1.O=C(O)C(F)(F)F.O=C(O)C(F)(F)F. The predicted molar refractivity (Wildman–Crippen MR) is 146 cm³/mol. The van der Waals surface area contributed by atoms with Crippen LogP contribution in [-0.4, -0.2) is 73.5 Å². The quantitative estimate of drug-likeness (QED) is 0.184. The molecule has 1 saturated heterocycles. The molecule has 1 aliphatic heterocycles. The zero-order valence-corrected chi connectivity index (χ0v) is 23.0. The van der Waals surface area contributed by atoms with Gasteiger partial charge in [-0.2, -0.15) is 26.3 Å². The molecule has 1 fully saturated rings. The van der Waals surface area contributed by atoms with Crippen LogP contribution < -0.4 is 0 Å². The van der Waals surface area contributed by atoms with Crippen LogP contribution in [-0.2, 0) is 27.3 Å². The minimum atomic E-state index is -5.08. The number of hydrogen-bond donors (Lipinski definition) is 4. The maximum absolute atomic E-state index is 10.7. The van der Waals surface area contributed by atoms with Gasteiger partial charge in [0.2, 0.25) is 0 Å². The highest BCUT2D eigenvalue weighted by Crippen LogP contribution is 2.25. The first-order valence-electron chi connectivity index (χ1n) is 13.0. The molecule has 0 bridgehead atoms. The average molecular weight is 630 g/mol. The molecule has 4 N–H and O–H groups in total. The van der Waals surface area contributed by atoms with Gasteiger partial charge in [0, 0.05) is 24.6 Å². The Hall–Kier alpha value is -4.66. The number of aliphatic carboxylic acids is 3. The van der Waals surface area contributed by atoms with Crippen molar-refractivity contribution in [2.24, 2.45) is 0 Å². The highest BCUT2D eigenvalue weighted by Gasteiger charge is 2.38. The summed E-state index contributed by atoms with van der Waals surface area (Å²) in [5, 5.41) is 23.0. The van der Waals surface area contributed by atoms with E-state index in [9.17, 15) is 31.1 Å². The first kappa shape index (κ1) is 35.5. The van der Waals surface area contributed by atoms with Crippen LogP contribution in [0.25, 0.3) is 17.3 Å². The molecule has 1 aromatic heterocycles. The summed E-state index contributed by atoms with van der Waals surface area (Å²) in [5.74, 6) is -5.50. The van der Waals surface area contributed by atoms with Crippen molar-refractivity contribution in [1.29, 1.82) is 0 Å². The molecular formula is C29H29F6N3O6. The van der Waals surface area contributed by atoms with Crippen LogP contribution in [0.3, 0.4) is 0 Å². The minimum Gasteiger partial charge on any atom is -0.478 e. The summed E-state index contributed by atoms with van der Waals surface area (Å²) in [6.07, 6.45) is -2.84. The molecule has 0 aliphatic carbocycles. The molecule has 0 saturated carbocycles. The third-order valence-electron chi connectivity index (χ3n) is 5.96. The summed E-state index contributed by atoms with van der Waals surface area (Å²) in [4.78, 5) is 39.5. The van der Waals surface area contributed by atoms with Gasteiger partial charge < -0.3 is 20.3 Å². The van der Waals surface area contributed by atoms with Crippen LogP contribution in [0.15, 0.2) is 60.7 Å². The molecule has 44 heavy (non-hydrogen) atoms. The molecule has 238 valence electrons. The Morgan fingerprint density at radius 2 is 1.34 bits per heavy atom. The molecular weight excluding hydrogens is 600 g/mol. The van der Waals surface area contributed by atoms with Crippen molar-refractivity contribution in [2.45, 2.75) is 44.6 Å². The van der Waals surface area contributed by atoms with Crippen LogP contribution in [0, 0.1) is 0 Å². The van der Waals surface area contributed by atoms with Crippen molar-refractivity contribution >= 4 is 24.0 Å². The van der Waals surface area contributed by atoms with Crippen molar-refractivity contribution in [1.82, 2.24) is 14.9 Å². The van der Waals surface area contributed by atoms with E-state index < -0.39 is 30.3 Å². The summed E-state index contributed by atoms with van der Waals surface area (Å²) in [6, 6.07) is 18.3. The minimum absolute atomic E-state index is 0.711. The maximum atomic E-state index is 10.7. The largest absolute Gasteiger partial charge is 0.490 e. The van der Waals surface area contributed by atoms with Gasteiger partial charge in [-0.15, -0.1) is 0 Å². The Kier molecular flexibility index (Phi) is 13.1. The van der Waals surface area contributed by atoms with E-state index in [1.165, 1.54) is 25.0 Å². The first-order valence-corrected chi connectivity index (χ1v) is 13.0. The number of benzene rings is 2. The van der Waals surface area contributed by atoms with Crippen molar-refractivity contribution < 1.29 is 56.0 Å². The number of nitrogens with one attached hydrogen (secondary N) is 1. The number of rotatable bonds is 7. The van der Waals surface area contributed by atoms with Gasteiger partial charge in [0.05, 0.1) is 11.4 Å². The molecule has 2 aromatic carbocycles. The van der Waals surface area contributed by atoms with Crippen molar-refractivity contribution in [2.75, 3.05) is 13.1 Å². The summed E-state index contributed by atoms with van der Waals surface area (Å²) in [5.41, 5.74) is 5.37. The van der Waals surface area contributed by atoms with E-state index in [0.29, 0.717) is 6.42 Å². The Balaban J connectivity index is 0.000000402. The third-order valence-corrected chi connectivity index (χ3v) is 5.96. The Morgan fingerprint density at radius 3 is 1.82 bits per heavy atom. The van der Waals surface area contributed by atoms with Gasteiger partial charge in [-0.25, -0.2) is 19.4 Å². The van der Waals surface area contributed by atoms with Gasteiger partial charge in [-0.3, -0.25) is 4.90 Å². The zero-order chi connectivity index (χ0) is 32.9. The molecule has 1 aliphatic rings. The number of aromatic nitrogens is 2. The lowest BCUT2D eigenvalue weighted by Gasteiger charge is -2.26.